The lowest BCUT2D eigenvalue weighted by Gasteiger charge is -2.57. The van der Waals surface area contributed by atoms with Crippen LogP contribution in [0.4, 0.5) is 13.2 Å². The van der Waals surface area contributed by atoms with Gasteiger partial charge in [-0.15, -0.1) is 0 Å². The van der Waals surface area contributed by atoms with Crippen LogP contribution in [0.1, 0.15) is 45.4 Å². The molecule has 2 aliphatic heterocycles. The number of rotatable bonds is 2. The summed E-state index contributed by atoms with van der Waals surface area (Å²) < 4.78 is 93.0. The van der Waals surface area contributed by atoms with Crippen molar-refractivity contribution in [2.24, 2.45) is 23.2 Å². The minimum absolute atomic E-state index is 0.0119. The van der Waals surface area contributed by atoms with Crippen LogP contribution in [-0.4, -0.2) is 58.0 Å². The van der Waals surface area contributed by atoms with E-state index in [1.54, 1.807) is 0 Å². The molecule has 0 spiro atoms. The maximum absolute atomic E-state index is 13.1. The van der Waals surface area contributed by atoms with Crippen molar-refractivity contribution in [2.75, 3.05) is 26.4 Å². The van der Waals surface area contributed by atoms with Crippen molar-refractivity contribution in [1.82, 2.24) is 0 Å². The van der Waals surface area contributed by atoms with Gasteiger partial charge >= 0.3 is 15.6 Å². The molecule has 6 rings (SSSR count). The van der Waals surface area contributed by atoms with Gasteiger partial charge in [0.2, 0.25) is 11.6 Å². The van der Waals surface area contributed by atoms with Crippen molar-refractivity contribution >= 4 is 10.1 Å². The second-order valence-corrected chi connectivity index (χ2v) is 12.0. The zero-order chi connectivity index (χ0) is 24.0. The molecule has 0 amide bonds. The Balaban J connectivity index is 1.38. The fraction of sp³-hybridized carbons (Fsp3) is 0.826. The fourth-order valence-corrected chi connectivity index (χ4v) is 8.26. The number of alkyl halides is 3. The Bertz CT molecular complexity index is 1020. The normalized spacial score (nSPS) is 46.2. The van der Waals surface area contributed by atoms with Gasteiger partial charge in [0.25, 0.3) is 0 Å². The van der Waals surface area contributed by atoms with Crippen LogP contribution in [0.25, 0.3) is 0 Å². The van der Waals surface area contributed by atoms with Gasteiger partial charge in [0, 0.05) is 17.8 Å². The SMILES string of the molecule is C[C@]12CC=C3[C@@H]4C(=CC[C@H]3[C@@H]1CC13OCCOC12OCCO3)CCCC4OS(=O)(=O)C(F)(F)F. The van der Waals surface area contributed by atoms with Gasteiger partial charge in [0.15, 0.2) is 0 Å². The summed E-state index contributed by atoms with van der Waals surface area (Å²) in [7, 11) is -5.69. The summed E-state index contributed by atoms with van der Waals surface area (Å²) in [5.74, 6) is -2.52. The van der Waals surface area contributed by atoms with E-state index >= 15 is 0 Å². The average molecular weight is 507 g/mol. The van der Waals surface area contributed by atoms with Crippen molar-refractivity contribution in [3.8, 4) is 0 Å². The molecule has 0 aromatic heterocycles. The van der Waals surface area contributed by atoms with E-state index in [1.807, 2.05) is 0 Å². The summed E-state index contributed by atoms with van der Waals surface area (Å²) in [5.41, 5.74) is -3.95. The molecule has 2 saturated carbocycles. The molecule has 2 heterocycles. The first-order chi connectivity index (χ1) is 16.0. The van der Waals surface area contributed by atoms with E-state index in [0.717, 1.165) is 24.0 Å². The Morgan fingerprint density at radius 1 is 1.06 bits per heavy atom. The van der Waals surface area contributed by atoms with E-state index in [2.05, 4.69) is 19.1 Å². The molecule has 1 unspecified atom stereocenters. The Morgan fingerprint density at radius 3 is 2.41 bits per heavy atom. The molecule has 34 heavy (non-hydrogen) atoms. The molecule has 0 bridgehead atoms. The van der Waals surface area contributed by atoms with Crippen LogP contribution in [0.15, 0.2) is 23.3 Å². The van der Waals surface area contributed by atoms with Crippen LogP contribution in [0.3, 0.4) is 0 Å². The lowest BCUT2D eigenvalue weighted by molar-refractivity contribution is -0.473. The topological polar surface area (TPSA) is 80.3 Å². The van der Waals surface area contributed by atoms with Crippen molar-refractivity contribution in [3.63, 3.8) is 0 Å². The Morgan fingerprint density at radius 2 is 1.74 bits per heavy atom. The maximum atomic E-state index is 13.1. The van der Waals surface area contributed by atoms with Crippen LogP contribution >= 0.6 is 0 Å². The van der Waals surface area contributed by atoms with Gasteiger partial charge in [-0.25, -0.2) is 0 Å². The largest absolute Gasteiger partial charge is 0.523 e. The van der Waals surface area contributed by atoms with Crippen LogP contribution in [-0.2, 0) is 33.2 Å². The molecule has 0 radical (unpaired) electrons. The number of halogens is 3. The molecule has 4 fully saturated rings. The van der Waals surface area contributed by atoms with Crippen LogP contribution in [0, 0.1) is 23.2 Å². The van der Waals surface area contributed by atoms with Crippen molar-refractivity contribution in [2.45, 2.75) is 68.6 Å². The number of fused-ring (bicyclic) bond motifs is 5. The molecule has 0 N–H and O–H groups in total. The van der Waals surface area contributed by atoms with Crippen molar-refractivity contribution in [1.29, 1.82) is 0 Å². The lowest BCUT2D eigenvalue weighted by atomic mass is 9.56. The van der Waals surface area contributed by atoms with Crippen molar-refractivity contribution < 1.29 is 44.7 Å². The molecule has 2 saturated heterocycles. The monoisotopic (exact) mass is 506 g/mol. The standard InChI is InChI=1S/C23H29F3O7S/c1-20-8-7-16-15(17(20)13-21-22(20,31-11-9-29-21)32-12-10-30-21)6-5-14-3-2-4-18(19(14)16)33-34(27,28)23(24,25)26/h5,7,15,17-19H,2-4,6,8-13H2,1H3/t15-,17+,18?,19+,20+,21?,22?/m1/s1. The van der Waals surface area contributed by atoms with Crippen LogP contribution < -0.4 is 0 Å². The number of ether oxygens (including phenoxy) is 4. The zero-order valence-electron chi connectivity index (χ0n) is 18.9. The van der Waals surface area contributed by atoms with E-state index in [1.165, 1.54) is 0 Å². The minimum Gasteiger partial charge on any atom is -0.343 e. The third-order valence-corrected chi connectivity index (χ3v) is 10.0. The van der Waals surface area contributed by atoms with Gasteiger partial charge in [0.1, 0.15) is 0 Å². The Hall–Kier alpha value is -0.980. The second-order valence-electron chi connectivity index (χ2n) is 10.4. The summed E-state index contributed by atoms with van der Waals surface area (Å²) in [5, 5.41) is 0. The molecule has 11 heteroatoms. The molecule has 5 atom stereocenters. The van der Waals surface area contributed by atoms with E-state index < -0.39 is 44.6 Å². The first-order valence-corrected chi connectivity index (χ1v) is 13.4. The smallest absolute Gasteiger partial charge is 0.343 e. The molecular formula is C23H29F3O7S. The molecule has 190 valence electrons. The van der Waals surface area contributed by atoms with E-state index in [9.17, 15) is 21.6 Å². The second kappa shape index (κ2) is 7.52. The van der Waals surface area contributed by atoms with Crippen LogP contribution in [0.2, 0.25) is 0 Å². The third kappa shape index (κ3) is 2.97. The molecule has 0 aromatic carbocycles. The summed E-state index contributed by atoms with van der Waals surface area (Å²) in [6.45, 7) is 3.71. The Labute approximate surface area is 196 Å². The maximum Gasteiger partial charge on any atom is 0.523 e. The predicted molar refractivity (Wildman–Crippen MR) is 112 cm³/mol. The summed E-state index contributed by atoms with van der Waals surface area (Å²) >= 11 is 0. The molecule has 4 aliphatic carbocycles. The highest BCUT2D eigenvalue weighted by atomic mass is 32.2. The highest BCUT2D eigenvalue weighted by molar-refractivity contribution is 7.87. The van der Waals surface area contributed by atoms with Gasteiger partial charge in [-0.2, -0.15) is 21.6 Å². The quantitative estimate of drug-likeness (QED) is 0.320. The first-order valence-electron chi connectivity index (χ1n) is 12.0. The molecule has 7 nitrogen and oxygen atoms in total. The molecule has 0 aromatic rings. The van der Waals surface area contributed by atoms with Crippen molar-refractivity contribution in [3.05, 3.63) is 23.3 Å². The highest BCUT2D eigenvalue weighted by Gasteiger charge is 2.78. The molecular weight excluding hydrogens is 477 g/mol. The third-order valence-electron chi connectivity index (χ3n) is 8.94. The van der Waals surface area contributed by atoms with Gasteiger partial charge in [0.05, 0.1) is 32.5 Å². The van der Waals surface area contributed by atoms with E-state index in [-0.39, 0.29) is 18.3 Å². The first kappa shape index (κ1) is 23.4. The van der Waals surface area contributed by atoms with Gasteiger partial charge in [-0.1, -0.05) is 30.2 Å². The van der Waals surface area contributed by atoms with Crippen LogP contribution in [0.5, 0.6) is 0 Å². The van der Waals surface area contributed by atoms with E-state index in [4.69, 9.17) is 23.1 Å². The minimum atomic E-state index is -5.69. The van der Waals surface area contributed by atoms with Gasteiger partial charge in [-0.3, -0.25) is 4.18 Å². The average Bonchev–Trinajstić information content (AvgIpc) is 3.04. The lowest BCUT2D eigenvalue weighted by Crippen LogP contribution is -2.69. The van der Waals surface area contributed by atoms with Gasteiger partial charge in [-0.05, 0) is 43.9 Å². The Kier molecular flexibility index (Phi) is 5.18. The molecule has 6 aliphatic rings. The summed E-state index contributed by atoms with van der Waals surface area (Å²) in [4.78, 5) is 0. The number of hydrogen-bond acceptors (Lipinski definition) is 7. The highest BCUT2D eigenvalue weighted by Crippen LogP contribution is 2.69. The number of allylic oxidation sites excluding steroid dienone is 2. The van der Waals surface area contributed by atoms with E-state index in [0.29, 0.717) is 45.7 Å². The predicted octanol–water partition coefficient (Wildman–Crippen LogP) is 3.81. The summed E-state index contributed by atoms with van der Waals surface area (Å²) in [6.07, 6.45) is 6.52. The fourth-order valence-electron chi connectivity index (χ4n) is 7.62. The zero-order valence-corrected chi connectivity index (χ0v) is 19.8. The van der Waals surface area contributed by atoms with Gasteiger partial charge < -0.3 is 18.9 Å². The summed E-state index contributed by atoms with van der Waals surface area (Å²) in [6, 6.07) is 0. The number of hydrogen-bond donors (Lipinski definition) is 0.